The second-order valence-electron chi connectivity index (χ2n) is 4.94. The minimum absolute atomic E-state index is 0.632. The maximum atomic E-state index is 5.66. The van der Waals surface area contributed by atoms with Crippen molar-refractivity contribution in [3.05, 3.63) is 30.3 Å². The number of benzene rings is 1. The van der Waals surface area contributed by atoms with Gasteiger partial charge in [0.25, 0.3) is 0 Å². The molecule has 0 spiro atoms. The van der Waals surface area contributed by atoms with E-state index in [1.165, 1.54) is 18.6 Å². The van der Waals surface area contributed by atoms with Crippen LogP contribution in [0.15, 0.2) is 35.3 Å². The summed E-state index contributed by atoms with van der Waals surface area (Å²) in [6.45, 7) is 5.25. The Morgan fingerprint density at radius 3 is 2.90 bits per heavy atom. The van der Waals surface area contributed by atoms with Crippen LogP contribution in [-0.2, 0) is 0 Å². The van der Waals surface area contributed by atoms with E-state index in [0.717, 1.165) is 31.3 Å². The van der Waals surface area contributed by atoms with Crippen molar-refractivity contribution in [3.8, 4) is 5.75 Å². The Hall–Kier alpha value is -1.36. The highest BCUT2D eigenvalue weighted by Crippen LogP contribution is 2.25. The lowest BCUT2D eigenvalue weighted by molar-refractivity contribution is 0.322. The number of hydrogen-bond acceptors (Lipinski definition) is 3. The fourth-order valence-electron chi connectivity index (χ4n) is 2.18. The van der Waals surface area contributed by atoms with Crippen LogP contribution >= 0.6 is 11.8 Å². The van der Waals surface area contributed by atoms with Gasteiger partial charge in [0, 0.05) is 11.8 Å². The summed E-state index contributed by atoms with van der Waals surface area (Å²) in [5, 5.41) is 7.29. The normalized spacial score (nSPS) is 18.5. The third kappa shape index (κ3) is 6.29. The molecule has 0 bridgehead atoms. The molecular formula is C16H25N3OS. The van der Waals surface area contributed by atoms with Crippen LogP contribution in [0.3, 0.4) is 0 Å². The lowest BCUT2D eigenvalue weighted by atomic mass is 10.2. The van der Waals surface area contributed by atoms with Gasteiger partial charge in [0.1, 0.15) is 12.4 Å². The minimum atomic E-state index is 0.632. The highest BCUT2D eigenvalue weighted by molar-refractivity contribution is 8.00. The van der Waals surface area contributed by atoms with Crippen molar-refractivity contribution < 1.29 is 4.74 Å². The molecule has 1 saturated heterocycles. The zero-order valence-electron chi connectivity index (χ0n) is 12.7. The molecule has 116 valence electrons. The Labute approximate surface area is 131 Å². The molecule has 2 rings (SSSR count). The molecule has 0 amide bonds. The molecule has 1 aliphatic rings. The molecular weight excluding hydrogens is 282 g/mol. The number of rotatable bonds is 7. The lowest BCUT2D eigenvalue weighted by Crippen LogP contribution is -2.39. The summed E-state index contributed by atoms with van der Waals surface area (Å²) in [6, 6.07) is 9.89. The molecule has 1 unspecified atom stereocenters. The highest BCUT2D eigenvalue weighted by atomic mass is 32.2. The smallest absolute Gasteiger partial charge is 0.191 e. The van der Waals surface area contributed by atoms with Gasteiger partial charge in [-0.1, -0.05) is 18.2 Å². The molecule has 21 heavy (non-hydrogen) atoms. The SMILES string of the molecule is CCNC(=NCC1CCCS1)NCCOc1ccccc1. The van der Waals surface area contributed by atoms with Crippen LogP contribution < -0.4 is 15.4 Å². The summed E-state index contributed by atoms with van der Waals surface area (Å²) < 4.78 is 5.66. The topological polar surface area (TPSA) is 45.7 Å². The number of aliphatic imine (C=N–C) groups is 1. The fraction of sp³-hybridized carbons (Fsp3) is 0.562. The van der Waals surface area contributed by atoms with Gasteiger partial charge in [-0.05, 0) is 37.7 Å². The molecule has 5 heteroatoms. The van der Waals surface area contributed by atoms with Crippen molar-refractivity contribution in [1.82, 2.24) is 10.6 Å². The van der Waals surface area contributed by atoms with Crippen molar-refractivity contribution in [3.63, 3.8) is 0 Å². The minimum Gasteiger partial charge on any atom is -0.492 e. The van der Waals surface area contributed by atoms with E-state index in [0.29, 0.717) is 11.9 Å². The molecule has 0 aromatic heterocycles. The van der Waals surface area contributed by atoms with Crippen LogP contribution in [0.25, 0.3) is 0 Å². The number of hydrogen-bond donors (Lipinski definition) is 2. The standard InChI is InChI=1S/C16H25N3OS/c1-2-17-16(19-13-15-9-6-12-21-15)18-10-11-20-14-7-4-3-5-8-14/h3-5,7-8,15H,2,6,9-13H2,1H3,(H2,17,18,19). The summed E-state index contributed by atoms with van der Waals surface area (Å²) in [5.41, 5.74) is 0. The van der Waals surface area contributed by atoms with E-state index in [-0.39, 0.29) is 0 Å². The van der Waals surface area contributed by atoms with Gasteiger partial charge in [-0.3, -0.25) is 4.99 Å². The van der Waals surface area contributed by atoms with Crippen molar-refractivity contribution in [2.75, 3.05) is 32.0 Å². The quantitative estimate of drug-likeness (QED) is 0.462. The Morgan fingerprint density at radius 2 is 2.19 bits per heavy atom. The Balaban J connectivity index is 1.68. The predicted molar refractivity (Wildman–Crippen MR) is 91.4 cm³/mol. The summed E-state index contributed by atoms with van der Waals surface area (Å²) in [5.74, 6) is 3.08. The number of guanidine groups is 1. The van der Waals surface area contributed by atoms with E-state index in [1.807, 2.05) is 42.1 Å². The van der Waals surface area contributed by atoms with Crippen LogP contribution in [0.2, 0.25) is 0 Å². The molecule has 2 N–H and O–H groups in total. The number of ether oxygens (including phenoxy) is 1. The average molecular weight is 307 g/mol. The van der Waals surface area contributed by atoms with Gasteiger partial charge < -0.3 is 15.4 Å². The molecule has 1 fully saturated rings. The van der Waals surface area contributed by atoms with Crippen LogP contribution in [-0.4, -0.2) is 43.2 Å². The second kappa shape index (κ2) is 9.55. The van der Waals surface area contributed by atoms with E-state index in [2.05, 4.69) is 22.5 Å². The Morgan fingerprint density at radius 1 is 1.33 bits per heavy atom. The van der Waals surface area contributed by atoms with Gasteiger partial charge in [-0.25, -0.2) is 0 Å². The molecule has 4 nitrogen and oxygen atoms in total. The van der Waals surface area contributed by atoms with Gasteiger partial charge in [0.2, 0.25) is 0 Å². The zero-order chi connectivity index (χ0) is 14.8. The third-order valence-electron chi connectivity index (χ3n) is 3.23. The number of thioether (sulfide) groups is 1. The van der Waals surface area contributed by atoms with Gasteiger partial charge in [-0.2, -0.15) is 11.8 Å². The first-order valence-corrected chi connectivity index (χ1v) is 8.75. The van der Waals surface area contributed by atoms with Gasteiger partial charge in [0.15, 0.2) is 5.96 Å². The monoisotopic (exact) mass is 307 g/mol. The van der Waals surface area contributed by atoms with Crippen molar-refractivity contribution >= 4 is 17.7 Å². The first-order valence-electron chi connectivity index (χ1n) is 7.70. The highest BCUT2D eigenvalue weighted by Gasteiger charge is 2.14. The molecule has 0 saturated carbocycles. The summed E-state index contributed by atoms with van der Waals surface area (Å²) in [6.07, 6.45) is 2.63. The van der Waals surface area contributed by atoms with E-state index < -0.39 is 0 Å². The molecule has 1 aromatic rings. The number of para-hydroxylation sites is 1. The maximum absolute atomic E-state index is 5.66. The largest absolute Gasteiger partial charge is 0.492 e. The number of nitrogens with zero attached hydrogens (tertiary/aromatic N) is 1. The molecule has 1 atom stereocenters. The lowest BCUT2D eigenvalue weighted by Gasteiger charge is -2.13. The summed E-state index contributed by atoms with van der Waals surface area (Å²) >= 11 is 2.04. The molecule has 1 heterocycles. The first-order chi connectivity index (χ1) is 10.4. The van der Waals surface area contributed by atoms with Gasteiger partial charge in [0.05, 0.1) is 13.1 Å². The zero-order valence-corrected chi connectivity index (χ0v) is 13.5. The second-order valence-corrected chi connectivity index (χ2v) is 6.35. The van der Waals surface area contributed by atoms with Crippen LogP contribution in [0, 0.1) is 0 Å². The van der Waals surface area contributed by atoms with E-state index in [9.17, 15) is 0 Å². The molecule has 1 aliphatic heterocycles. The third-order valence-corrected chi connectivity index (χ3v) is 4.61. The fourth-order valence-corrected chi connectivity index (χ4v) is 3.36. The van der Waals surface area contributed by atoms with Crippen LogP contribution in [0.5, 0.6) is 5.75 Å². The molecule has 0 aliphatic carbocycles. The molecule has 0 radical (unpaired) electrons. The maximum Gasteiger partial charge on any atom is 0.191 e. The van der Waals surface area contributed by atoms with Crippen LogP contribution in [0.4, 0.5) is 0 Å². The molecule has 1 aromatic carbocycles. The van der Waals surface area contributed by atoms with Crippen LogP contribution in [0.1, 0.15) is 19.8 Å². The average Bonchev–Trinajstić information content (AvgIpc) is 3.03. The van der Waals surface area contributed by atoms with E-state index >= 15 is 0 Å². The predicted octanol–water partition coefficient (Wildman–Crippen LogP) is 2.52. The first kappa shape index (κ1) is 16.0. The Kier molecular flexibility index (Phi) is 7.29. The van der Waals surface area contributed by atoms with Crippen molar-refractivity contribution in [1.29, 1.82) is 0 Å². The van der Waals surface area contributed by atoms with Crippen molar-refractivity contribution in [2.45, 2.75) is 25.0 Å². The van der Waals surface area contributed by atoms with E-state index in [4.69, 9.17) is 4.74 Å². The summed E-state index contributed by atoms with van der Waals surface area (Å²) in [4.78, 5) is 4.66. The van der Waals surface area contributed by atoms with Gasteiger partial charge >= 0.3 is 0 Å². The number of nitrogens with one attached hydrogen (secondary N) is 2. The van der Waals surface area contributed by atoms with Crippen molar-refractivity contribution in [2.24, 2.45) is 4.99 Å². The van der Waals surface area contributed by atoms with Gasteiger partial charge in [-0.15, -0.1) is 0 Å². The van der Waals surface area contributed by atoms with E-state index in [1.54, 1.807) is 0 Å². The Bertz CT molecular complexity index is 419. The summed E-state index contributed by atoms with van der Waals surface area (Å²) in [7, 11) is 0.